The second kappa shape index (κ2) is 7.64. The Kier molecular flexibility index (Phi) is 5.12. The number of hydrazine groups is 1. The number of fused-ring (bicyclic) bond motifs is 1. The molecule has 134 valence electrons. The van der Waals surface area contributed by atoms with E-state index < -0.39 is 23.7 Å². The van der Waals surface area contributed by atoms with E-state index in [1.165, 1.54) is 25.1 Å². The summed E-state index contributed by atoms with van der Waals surface area (Å²) in [7, 11) is 0. The Morgan fingerprint density at radius 1 is 1.15 bits per heavy atom. The van der Waals surface area contributed by atoms with Gasteiger partial charge in [0.25, 0.3) is 5.91 Å². The maximum absolute atomic E-state index is 13.5. The fourth-order valence-electron chi connectivity index (χ4n) is 2.28. The lowest BCUT2D eigenvalue weighted by Gasteiger charge is -2.15. The van der Waals surface area contributed by atoms with Gasteiger partial charge in [-0.05, 0) is 31.2 Å². The first-order chi connectivity index (χ1) is 12.5. The van der Waals surface area contributed by atoms with Crippen LogP contribution >= 0.6 is 0 Å². The highest BCUT2D eigenvalue weighted by Gasteiger charge is 2.18. The quantitative estimate of drug-likeness (QED) is 0.682. The van der Waals surface area contributed by atoms with E-state index in [-0.39, 0.29) is 12.2 Å². The molecule has 1 atom stereocenters. The standard InChI is InChI=1S/C18H16FN3O4/c1-11(25-16-9-5-3-7-13(16)19)18(24)21-20-17(23)10-14-12-6-2-4-8-15(12)26-22-14/h2-9,11H,10H2,1H3,(H,20,23)(H,21,24). The number of rotatable bonds is 5. The highest BCUT2D eigenvalue weighted by atomic mass is 19.1. The smallest absolute Gasteiger partial charge is 0.279 e. The Balaban J connectivity index is 1.52. The number of carbonyl (C=O) groups excluding carboxylic acids is 2. The van der Waals surface area contributed by atoms with E-state index in [0.717, 1.165) is 5.39 Å². The van der Waals surface area contributed by atoms with Gasteiger partial charge in [0.15, 0.2) is 23.3 Å². The largest absolute Gasteiger partial charge is 0.478 e. The zero-order valence-corrected chi connectivity index (χ0v) is 13.9. The molecule has 7 nitrogen and oxygen atoms in total. The predicted octanol–water partition coefficient (Wildman–Crippen LogP) is 2.12. The number of benzene rings is 2. The molecule has 3 rings (SSSR count). The molecule has 0 aliphatic heterocycles. The van der Waals surface area contributed by atoms with Crippen LogP contribution in [0.15, 0.2) is 53.1 Å². The highest BCUT2D eigenvalue weighted by Crippen LogP contribution is 2.18. The van der Waals surface area contributed by atoms with Crippen molar-refractivity contribution in [1.29, 1.82) is 0 Å². The molecule has 3 aromatic rings. The zero-order chi connectivity index (χ0) is 18.5. The molecule has 0 saturated heterocycles. The van der Waals surface area contributed by atoms with Crippen molar-refractivity contribution in [2.45, 2.75) is 19.4 Å². The molecule has 1 heterocycles. The first-order valence-electron chi connectivity index (χ1n) is 7.88. The fourth-order valence-corrected chi connectivity index (χ4v) is 2.28. The highest BCUT2D eigenvalue weighted by molar-refractivity contribution is 5.88. The van der Waals surface area contributed by atoms with Crippen LogP contribution in [0.2, 0.25) is 0 Å². The number of ether oxygens (including phenoxy) is 1. The molecule has 0 aliphatic carbocycles. The summed E-state index contributed by atoms with van der Waals surface area (Å²) in [5, 5.41) is 4.58. The molecule has 2 N–H and O–H groups in total. The fraction of sp³-hybridized carbons (Fsp3) is 0.167. The van der Waals surface area contributed by atoms with Gasteiger partial charge in [0.1, 0.15) is 5.69 Å². The number of halogens is 1. The van der Waals surface area contributed by atoms with Crippen LogP contribution in [0.4, 0.5) is 4.39 Å². The third kappa shape index (κ3) is 3.97. The normalized spacial score (nSPS) is 11.8. The maximum Gasteiger partial charge on any atom is 0.279 e. The Morgan fingerprint density at radius 2 is 1.88 bits per heavy atom. The molecule has 8 heteroatoms. The van der Waals surface area contributed by atoms with E-state index in [4.69, 9.17) is 9.26 Å². The van der Waals surface area contributed by atoms with Crippen LogP contribution in [0, 0.1) is 5.82 Å². The summed E-state index contributed by atoms with van der Waals surface area (Å²) in [5.74, 6) is -1.72. The Labute approximate surface area is 148 Å². The molecule has 0 bridgehead atoms. The summed E-state index contributed by atoms with van der Waals surface area (Å²) in [6.07, 6.45) is -1.07. The molecule has 1 unspecified atom stereocenters. The number of para-hydroxylation sites is 2. The number of hydrogen-bond acceptors (Lipinski definition) is 5. The van der Waals surface area contributed by atoms with Gasteiger partial charge in [0.2, 0.25) is 5.91 Å². The molecule has 2 amide bonds. The van der Waals surface area contributed by atoms with Crippen LogP contribution < -0.4 is 15.6 Å². The summed E-state index contributed by atoms with van der Waals surface area (Å²) in [5.41, 5.74) is 5.55. The monoisotopic (exact) mass is 357 g/mol. The molecule has 2 aromatic carbocycles. The van der Waals surface area contributed by atoms with E-state index in [0.29, 0.717) is 11.3 Å². The molecule has 0 aliphatic rings. The average Bonchev–Trinajstić information content (AvgIpc) is 3.04. The van der Waals surface area contributed by atoms with Gasteiger partial charge in [-0.3, -0.25) is 20.4 Å². The topological polar surface area (TPSA) is 93.5 Å². The lowest BCUT2D eigenvalue weighted by Crippen LogP contribution is -2.47. The summed E-state index contributed by atoms with van der Waals surface area (Å²) >= 11 is 0. The van der Waals surface area contributed by atoms with E-state index in [9.17, 15) is 14.0 Å². The van der Waals surface area contributed by atoms with Gasteiger partial charge < -0.3 is 9.26 Å². The van der Waals surface area contributed by atoms with Gasteiger partial charge in [-0.2, -0.15) is 0 Å². The minimum atomic E-state index is -1.000. The lowest BCUT2D eigenvalue weighted by atomic mass is 10.2. The number of carbonyl (C=O) groups is 2. The predicted molar refractivity (Wildman–Crippen MR) is 90.5 cm³/mol. The van der Waals surface area contributed by atoms with Crippen LogP contribution in [0.1, 0.15) is 12.6 Å². The number of amides is 2. The molecule has 0 fully saturated rings. The lowest BCUT2D eigenvalue weighted by molar-refractivity contribution is -0.132. The van der Waals surface area contributed by atoms with Gasteiger partial charge in [0.05, 0.1) is 6.42 Å². The number of hydrogen-bond donors (Lipinski definition) is 2. The number of nitrogens with zero attached hydrogens (tertiary/aromatic N) is 1. The molecular formula is C18H16FN3O4. The van der Waals surface area contributed by atoms with Crippen LogP contribution in [-0.4, -0.2) is 23.1 Å². The van der Waals surface area contributed by atoms with E-state index >= 15 is 0 Å². The minimum Gasteiger partial charge on any atom is -0.478 e. The van der Waals surface area contributed by atoms with Crippen molar-refractivity contribution in [3.05, 3.63) is 60.0 Å². The molecule has 0 saturated carbocycles. The van der Waals surface area contributed by atoms with E-state index in [1.54, 1.807) is 24.3 Å². The van der Waals surface area contributed by atoms with E-state index in [2.05, 4.69) is 16.0 Å². The van der Waals surface area contributed by atoms with Gasteiger partial charge in [-0.15, -0.1) is 0 Å². The first-order valence-corrected chi connectivity index (χ1v) is 7.88. The average molecular weight is 357 g/mol. The number of nitrogens with one attached hydrogen (secondary N) is 2. The van der Waals surface area contributed by atoms with Gasteiger partial charge >= 0.3 is 0 Å². The third-order valence-corrected chi connectivity index (χ3v) is 3.61. The molecule has 26 heavy (non-hydrogen) atoms. The van der Waals surface area contributed by atoms with Gasteiger partial charge in [-0.25, -0.2) is 4.39 Å². The van der Waals surface area contributed by atoms with Crippen molar-refractivity contribution in [1.82, 2.24) is 16.0 Å². The first kappa shape index (κ1) is 17.4. The van der Waals surface area contributed by atoms with Crippen molar-refractivity contribution >= 4 is 22.8 Å². The van der Waals surface area contributed by atoms with Crippen molar-refractivity contribution in [3.63, 3.8) is 0 Å². The molecule has 1 aromatic heterocycles. The summed E-state index contributed by atoms with van der Waals surface area (Å²) in [6.45, 7) is 1.44. The van der Waals surface area contributed by atoms with Crippen molar-refractivity contribution < 1.29 is 23.2 Å². The Hall–Kier alpha value is -3.42. The summed E-state index contributed by atoms with van der Waals surface area (Å²) < 4.78 is 23.9. The Bertz CT molecular complexity index is 941. The van der Waals surface area contributed by atoms with Gasteiger partial charge in [0, 0.05) is 5.39 Å². The van der Waals surface area contributed by atoms with Crippen molar-refractivity contribution in [3.8, 4) is 5.75 Å². The van der Waals surface area contributed by atoms with Crippen molar-refractivity contribution in [2.75, 3.05) is 0 Å². The third-order valence-electron chi connectivity index (χ3n) is 3.61. The zero-order valence-electron chi connectivity index (χ0n) is 13.9. The summed E-state index contributed by atoms with van der Waals surface area (Å²) in [4.78, 5) is 24.0. The van der Waals surface area contributed by atoms with E-state index in [1.807, 2.05) is 6.07 Å². The maximum atomic E-state index is 13.5. The van der Waals surface area contributed by atoms with Crippen molar-refractivity contribution in [2.24, 2.45) is 0 Å². The van der Waals surface area contributed by atoms with Crippen LogP contribution in [-0.2, 0) is 16.0 Å². The summed E-state index contributed by atoms with van der Waals surface area (Å²) in [6, 6.07) is 12.9. The Morgan fingerprint density at radius 3 is 2.69 bits per heavy atom. The molecule has 0 radical (unpaired) electrons. The molecular weight excluding hydrogens is 341 g/mol. The molecule has 0 spiro atoms. The second-order valence-electron chi connectivity index (χ2n) is 5.53. The van der Waals surface area contributed by atoms with Crippen LogP contribution in [0.5, 0.6) is 5.75 Å². The van der Waals surface area contributed by atoms with Crippen LogP contribution in [0.25, 0.3) is 11.0 Å². The number of aromatic nitrogens is 1. The van der Waals surface area contributed by atoms with Gasteiger partial charge in [-0.1, -0.05) is 29.4 Å². The SMILES string of the molecule is CC(Oc1ccccc1F)C(=O)NNC(=O)Cc1noc2ccccc12. The minimum absolute atomic E-state index is 0.0458. The van der Waals surface area contributed by atoms with Crippen LogP contribution in [0.3, 0.4) is 0 Å². The second-order valence-corrected chi connectivity index (χ2v) is 5.53.